The number of hydrogen-bond acceptors (Lipinski definition) is 5. The number of halogens is 1. The van der Waals surface area contributed by atoms with Crippen molar-refractivity contribution < 1.29 is 14.0 Å². The van der Waals surface area contributed by atoms with Crippen LogP contribution in [0.1, 0.15) is 49.6 Å². The molecule has 1 fully saturated rings. The summed E-state index contributed by atoms with van der Waals surface area (Å²) in [5, 5.41) is 12.4. The minimum atomic E-state index is -0.388. The highest BCUT2D eigenvalue weighted by atomic mass is 32.1. The van der Waals surface area contributed by atoms with Crippen LogP contribution in [0.15, 0.2) is 24.3 Å². The molecule has 0 aliphatic carbocycles. The Morgan fingerprint density at radius 3 is 2.82 bits per heavy atom. The highest BCUT2D eigenvalue weighted by molar-refractivity contribution is 7.15. The van der Waals surface area contributed by atoms with Gasteiger partial charge in [0.1, 0.15) is 10.8 Å². The normalized spacial score (nSPS) is 17.8. The van der Waals surface area contributed by atoms with E-state index in [1.54, 1.807) is 17.0 Å². The minimum Gasteiger partial charge on any atom is -0.342 e. The van der Waals surface area contributed by atoms with Crippen LogP contribution in [0.25, 0.3) is 0 Å². The van der Waals surface area contributed by atoms with Crippen LogP contribution in [0, 0.1) is 11.7 Å². The van der Waals surface area contributed by atoms with Crippen molar-refractivity contribution in [3.8, 4) is 0 Å². The summed E-state index contributed by atoms with van der Waals surface area (Å²) in [6.45, 7) is 5.14. The molecule has 1 aliphatic heterocycles. The molecule has 2 aromatic rings. The van der Waals surface area contributed by atoms with E-state index in [4.69, 9.17) is 0 Å². The van der Waals surface area contributed by atoms with E-state index in [1.807, 2.05) is 0 Å². The number of amides is 2. The zero-order valence-corrected chi connectivity index (χ0v) is 17.0. The van der Waals surface area contributed by atoms with Crippen LogP contribution in [0.5, 0.6) is 0 Å². The van der Waals surface area contributed by atoms with Crippen molar-refractivity contribution in [2.24, 2.45) is 5.92 Å². The Morgan fingerprint density at radius 1 is 1.36 bits per heavy atom. The van der Waals surface area contributed by atoms with Gasteiger partial charge in [-0.25, -0.2) is 4.39 Å². The van der Waals surface area contributed by atoms with Crippen molar-refractivity contribution >= 4 is 28.3 Å². The van der Waals surface area contributed by atoms with Crippen LogP contribution in [-0.4, -0.2) is 40.0 Å². The molecule has 1 aromatic carbocycles. The first-order valence-electron chi connectivity index (χ1n) is 9.62. The van der Waals surface area contributed by atoms with Gasteiger partial charge in [-0.3, -0.25) is 9.59 Å². The lowest BCUT2D eigenvalue weighted by atomic mass is 10.1. The zero-order valence-electron chi connectivity index (χ0n) is 16.2. The summed E-state index contributed by atoms with van der Waals surface area (Å²) in [5.74, 6) is -0.564. The molecule has 0 bridgehead atoms. The van der Waals surface area contributed by atoms with Crippen molar-refractivity contribution in [2.75, 3.05) is 18.4 Å². The van der Waals surface area contributed by atoms with Gasteiger partial charge in [0.2, 0.25) is 16.9 Å². The lowest BCUT2D eigenvalue weighted by molar-refractivity contribution is -0.128. The fraction of sp³-hybridized carbons (Fsp3) is 0.500. The van der Waals surface area contributed by atoms with Gasteiger partial charge >= 0.3 is 0 Å². The highest BCUT2D eigenvalue weighted by Crippen LogP contribution is 2.27. The van der Waals surface area contributed by atoms with Crippen LogP contribution in [0.4, 0.5) is 9.52 Å². The third-order valence-corrected chi connectivity index (χ3v) is 6.05. The second-order valence-corrected chi connectivity index (χ2v) is 8.25. The number of anilines is 1. The standard InChI is InChI=1S/C20H25FN4O2S/c1-3-4-13(2)19-23-24-20(28-19)22-18(27)15-11-17(26)25(12-15)10-9-14-5-7-16(21)8-6-14/h5-8,13,15H,3-4,9-12H2,1-2H3,(H,22,24,27)/t13-,15-/m1/s1. The number of nitrogens with zero attached hydrogens (tertiary/aromatic N) is 3. The molecule has 0 radical (unpaired) electrons. The Labute approximate surface area is 168 Å². The van der Waals surface area contributed by atoms with Gasteiger partial charge in [0, 0.05) is 25.4 Å². The van der Waals surface area contributed by atoms with E-state index < -0.39 is 0 Å². The van der Waals surface area contributed by atoms with Gasteiger partial charge in [-0.05, 0) is 30.5 Å². The summed E-state index contributed by atoms with van der Waals surface area (Å²) < 4.78 is 13.0. The molecule has 6 nitrogen and oxygen atoms in total. The van der Waals surface area contributed by atoms with E-state index in [2.05, 4.69) is 29.4 Å². The molecule has 2 heterocycles. The van der Waals surface area contributed by atoms with E-state index in [0.29, 0.717) is 30.6 Å². The zero-order chi connectivity index (χ0) is 20.1. The summed E-state index contributed by atoms with van der Waals surface area (Å²) in [6, 6.07) is 6.25. The molecule has 3 rings (SSSR count). The van der Waals surface area contributed by atoms with Crippen LogP contribution >= 0.6 is 11.3 Å². The molecule has 0 unspecified atom stereocenters. The fourth-order valence-corrected chi connectivity index (χ4v) is 4.16. The summed E-state index contributed by atoms with van der Waals surface area (Å²) in [6.07, 6.45) is 2.94. The first kappa shape index (κ1) is 20.4. The van der Waals surface area contributed by atoms with E-state index in [9.17, 15) is 14.0 Å². The molecule has 1 aromatic heterocycles. The smallest absolute Gasteiger partial charge is 0.231 e. The number of likely N-dealkylation sites (tertiary alicyclic amines) is 1. The Hall–Kier alpha value is -2.35. The van der Waals surface area contributed by atoms with Gasteiger partial charge in [-0.15, -0.1) is 10.2 Å². The van der Waals surface area contributed by atoms with Crippen LogP contribution in [-0.2, 0) is 16.0 Å². The van der Waals surface area contributed by atoms with Gasteiger partial charge in [0.05, 0.1) is 5.92 Å². The first-order chi connectivity index (χ1) is 13.5. The minimum absolute atomic E-state index is 0.0308. The Balaban J connectivity index is 1.51. The predicted octanol–water partition coefficient (Wildman–Crippen LogP) is 3.61. The number of aromatic nitrogens is 2. The summed E-state index contributed by atoms with van der Waals surface area (Å²) in [7, 11) is 0. The summed E-state index contributed by atoms with van der Waals surface area (Å²) in [4.78, 5) is 26.5. The maximum atomic E-state index is 13.0. The Morgan fingerprint density at radius 2 is 2.11 bits per heavy atom. The van der Waals surface area contributed by atoms with E-state index in [-0.39, 0.29) is 30.0 Å². The van der Waals surface area contributed by atoms with Gasteiger partial charge in [-0.1, -0.05) is 43.7 Å². The molecule has 2 amide bonds. The topological polar surface area (TPSA) is 75.2 Å². The fourth-order valence-electron chi connectivity index (χ4n) is 3.33. The largest absolute Gasteiger partial charge is 0.342 e. The maximum absolute atomic E-state index is 13.0. The lowest BCUT2D eigenvalue weighted by Gasteiger charge is -2.16. The summed E-state index contributed by atoms with van der Waals surface area (Å²) >= 11 is 1.39. The van der Waals surface area contributed by atoms with Crippen LogP contribution in [0.3, 0.4) is 0 Å². The lowest BCUT2D eigenvalue weighted by Crippen LogP contribution is -2.30. The van der Waals surface area contributed by atoms with Crippen molar-refractivity contribution in [2.45, 2.75) is 45.4 Å². The number of carbonyl (C=O) groups is 2. The van der Waals surface area contributed by atoms with E-state index in [0.717, 1.165) is 23.4 Å². The SMILES string of the molecule is CCC[C@@H](C)c1nnc(NC(=O)[C@@H]2CC(=O)N(CCc3ccc(F)cc3)C2)s1. The maximum Gasteiger partial charge on any atom is 0.231 e. The third-order valence-electron chi connectivity index (χ3n) is 4.98. The van der Waals surface area contributed by atoms with Crippen molar-refractivity contribution in [3.05, 3.63) is 40.7 Å². The monoisotopic (exact) mass is 404 g/mol. The van der Waals surface area contributed by atoms with Crippen molar-refractivity contribution in [1.29, 1.82) is 0 Å². The van der Waals surface area contributed by atoms with Gasteiger partial charge in [-0.2, -0.15) is 0 Å². The second kappa shape index (κ2) is 9.23. The average molecular weight is 405 g/mol. The number of benzene rings is 1. The Bertz CT molecular complexity index is 824. The molecule has 8 heteroatoms. The van der Waals surface area contributed by atoms with Crippen molar-refractivity contribution in [3.63, 3.8) is 0 Å². The molecule has 1 saturated heterocycles. The highest BCUT2D eigenvalue weighted by Gasteiger charge is 2.34. The van der Waals surface area contributed by atoms with Crippen molar-refractivity contribution in [1.82, 2.24) is 15.1 Å². The average Bonchev–Trinajstić information content (AvgIpc) is 3.28. The number of rotatable bonds is 8. The molecule has 150 valence electrons. The molecule has 28 heavy (non-hydrogen) atoms. The quantitative estimate of drug-likeness (QED) is 0.729. The number of carbonyl (C=O) groups excluding carboxylic acids is 2. The van der Waals surface area contributed by atoms with Gasteiger partial charge < -0.3 is 10.2 Å². The molecule has 1 aliphatic rings. The number of nitrogens with one attached hydrogen (secondary N) is 1. The second-order valence-electron chi connectivity index (χ2n) is 7.24. The van der Waals surface area contributed by atoms with Gasteiger partial charge in [0.15, 0.2) is 0 Å². The van der Waals surface area contributed by atoms with Crippen LogP contribution < -0.4 is 5.32 Å². The predicted molar refractivity (Wildman–Crippen MR) is 107 cm³/mol. The molecule has 1 N–H and O–H groups in total. The third kappa shape index (κ3) is 5.13. The van der Waals surface area contributed by atoms with E-state index >= 15 is 0 Å². The summed E-state index contributed by atoms with van der Waals surface area (Å²) in [5.41, 5.74) is 0.963. The molecular weight excluding hydrogens is 379 g/mol. The van der Waals surface area contributed by atoms with E-state index in [1.165, 1.54) is 23.5 Å². The molecular formula is C20H25FN4O2S. The first-order valence-corrected chi connectivity index (χ1v) is 10.4. The van der Waals surface area contributed by atoms with Gasteiger partial charge in [0.25, 0.3) is 0 Å². The molecule has 2 atom stereocenters. The Kier molecular flexibility index (Phi) is 6.72. The number of hydrogen-bond donors (Lipinski definition) is 1. The molecule has 0 saturated carbocycles. The van der Waals surface area contributed by atoms with Crippen LogP contribution in [0.2, 0.25) is 0 Å². The molecule has 0 spiro atoms.